The number of sulfonamides is 1. The van der Waals surface area contributed by atoms with Gasteiger partial charge in [-0.15, -0.1) is 0 Å². The van der Waals surface area contributed by atoms with Gasteiger partial charge in [0.2, 0.25) is 10.0 Å². The number of nitrogens with one attached hydrogen (secondary N) is 1. The van der Waals surface area contributed by atoms with Crippen molar-refractivity contribution >= 4 is 10.0 Å². The number of likely N-dealkylation sites (tertiary alicyclic amines) is 1. The van der Waals surface area contributed by atoms with E-state index in [1.54, 1.807) is 30.5 Å². The molecule has 2 atom stereocenters. The molecule has 25 heavy (non-hydrogen) atoms. The Labute approximate surface area is 147 Å². The molecule has 4 rings (SSSR count). The van der Waals surface area contributed by atoms with E-state index in [0.29, 0.717) is 5.75 Å². The van der Waals surface area contributed by atoms with E-state index in [9.17, 15) is 8.42 Å². The average Bonchev–Trinajstić information content (AvgIpc) is 2.85. The van der Waals surface area contributed by atoms with E-state index in [4.69, 9.17) is 4.74 Å². The molecule has 0 aliphatic carbocycles. The minimum absolute atomic E-state index is 0.155. The van der Waals surface area contributed by atoms with Crippen LogP contribution >= 0.6 is 0 Å². The Bertz CT molecular complexity index is 842. The first kappa shape index (κ1) is 16.5. The Morgan fingerprint density at radius 1 is 1.16 bits per heavy atom. The van der Waals surface area contributed by atoms with Gasteiger partial charge >= 0.3 is 0 Å². The lowest BCUT2D eigenvalue weighted by molar-refractivity contribution is 0.156. The Morgan fingerprint density at radius 2 is 2.00 bits per heavy atom. The zero-order valence-electron chi connectivity index (χ0n) is 13.8. The fraction of sp³-hybridized carbons (Fsp3) is 0.389. The molecule has 2 aliphatic rings. The fourth-order valence-corrected chi connectivity index (χ4v) is 4.94. The van der Waals surface area contributed by atoms with Crippen LogP contribution in [0.2, 0.25) is 0 Å². The van der Waals surface area contributed by atoms with Gasteiger partial charge in [0, 0.05) is 32.0 Å². The second-order valence-electron chi connectivity index (χ2n) is 6.55. The second-order valence-corrected chi connectivity index (χ2v) is 8.23. The highest BCUT2D eigenvalue weighted by molar-refractivity contribution is 7.89. The van der Waals surface area contributed by atoms with E-state index in [2.05, 4.69) is 20.7 Å². The summed E-state index contributed by atoms with van der Waals surface area (Å²) in [6, 6.07) is 10.6. The molecular weight excluding hydrogens is 338 g/mol. The standard InChI is InChI=1S/C18H21N3O3S/c22-25(23)18-6-2-1-5-17(18)24-16-8-11-21(10-7-15(16)20-25)13-14-4-3-9-19-12-14/h1-6,9,12,15-16,20H,7-8,10-11,13H2/t15-,16-/m1/s1. The van der Waals surface area contributed by atoms with E-state index < -0.39 is 10.0 Å². The maximum atomic E-state index is 12.6. The molecular formula is C18H21N3O3S. The molecule has 2 aliphatic heterocycles. The summed E-state index contributed by atoms with van der Waals surface area (Å²) >= 11 is 0. The first-order valence-electron chi connectivity index (χ1n) is 8.51. The van der Waals surface area contributed by atoms with Crippen molar-refractivity contribution in [1.29, 1.82) is 0 Å². The number of fused-ring (bicyclic) bond motifs is 2. The first-order valence-corrected chi connectivity index (χ1v) is 9.99. The molecule has 132 valence electrons. The molecule has 1 saturated heterocycles. The topological polar surface area (TPSA) is 71.5 Å². The molecule has 0 unspecified atom stereocenters. The zero-order chi connectivity index (χ0) is 17.3. The molecule has 1 aromatic heterocycles. The van der Waals surface area contributed by atoms with E-state index >= 15 is 0 Å². The third-order valence-electron chi connectivity index (χ3n) is 4.79. The number of para-hydroxylation sites is 1. The number of hydrogen-bond acceptors (Lipinski definition) is 5. The van der Waals surface area contributed by atoms with Crippen LogP contribution in [0.15, 0.2) is 53.7 Å². The van der Waals surface area contributed by atoms with Crippen LogP contribution < -0.4 is 9.46 Å². The van der Waals surface area contributed by atoms with Crippen molar-refractivity contribution < 1.29 is 13.2 Å². The van der Waals surface area contributed by atoms with Gasteiger partial charge in [0.15, 0.2) is 0 Å². The third kappa shape index (κ3) is 3.53. The van der Waals surface area contributed by atoms with E-state index in [0.717, 1.165) is 38.0 Å². The summed E-state index contributed by atoms with van der Waals surface area (Å²) in [7, 11) is -3.54. The van der Waals surface area contributed by atoms with Crippen molar-refractivity contribution in [3.8, 4) is 5.75 Å². The quantitative estimate of drug-likeness (QED) is 0.885. The summed E-state index contributed by atoms with van der Waals surface area (Å²) in [5, 5.41) is 0. The number of rotatable bonds is 2. The molecule has 2 aromatic rings. The number of ether oxygens (including phenoxy) is 1. The Hall–Kier alpha value is -1.96. The monoisotopic (exact) mass is 359 g/mol. The number of hydrogen-bond donors (Lipinski definition) is 1. The highest BCUT2D eigenvalue weighted by atomic mass is 32.2. The summed E-state index contributed by atoms with van der Waals surface area (Å²) in [6.07, 6.45) is 4.99. The maximum absolute atomic E-state index is 12.6. The lowest BCUT2D eigenvalue weighted by Crippen LogP contribution is -2.43. The highest BCUT2D eigenvalue weighted by Gasteiger charge is 2.36. The highest BCUT2D eigenvalue weighted by Crippen LogP contribution is 2.31. The third-order valence-corrected chi connectivity index (χ3v) is 6.32. The van der Waals surface area contributed by atoms with Gasteiger partial charge in [-0.05, 0) is 36.6 Å². The Morgan fingerprint density at radius 3 is 2.84 bits per heavy atom. The summed E-state index contributed by atoms with van der Waals surface area (Å²) in [5.74, 6) is 0.447. The zero-order valence-corrected chi connectivity index (χ0v) is 14.7. The first-order chi connectivity index (χ1) is 12.1. The lowest BCUT2D eigenvalue weighted by atomic mass is 10.1. The largest absolute Gasteiger partial charge is 0.487 e. The molecule has 1 N–H and O–H groups in total. The summed E-state index contributed by atoms with van der Waals surface area (Å²) in [5.41, 5.74) is 1.16. The SMILES string of the molecule is O=S1(=O)N[C@@H]2CCN(Cc3cccnc3)CC[C@H]2Oc2ccccc21. The maximum Gasteiger partial charge on any atom is 0.244 e. The molecule has 0 bridgehead atoms. The predicted molar refractivity (Wildman–Crippen MR) is 93.7 cm³/mol. The van der Waals surface area contributed by atoms with Gasteiger partial charge in [0.25, 0.3) is 0 Å². The number of pyridine rings is 1. The van der Waals surface area contributed by atoms with E-state index in [1.807, 2.05) is 12.3 Å². The Kier molecular flexibility index (Phi) is 4.45. The van der Waals surface area contributed by atoms with E-state index in [1.165, 1.54) is 0 Å². The van der Waals surface area contributed by atoms with Gasteiger partial charge in [-0.1, -0.05) is 18.2 Å². The van der Waals surface area contributed by atoms with Gasteiger partial charge in [-0.25, -0.2) is 13.1 Å². The van der Waals surface area contributed by atoms with Crippen LogP contribution in [0.3, 0.4) is 0 Å². The predicted octanol–water partition coefficient (Wildman–Crippen LogP) is 1.79. The van der Waals surface area contributed by atoms with Gasteiger partial charge in [0.1, 0.15) is 16.7 Å². The van der Waals surface area contributed by atoms with Gasteiger partial charge < -0.3 is 4.74 Å². The fourth-order valence-electron chi connectivity index (χ4n) is 3.51. The van der Waals surface area contributed by atoms with Crippen LogP contribution in [0.5, 0.6) is 5.75 Å². The molecule has 0 spiro atoms. The smallest absolute Gasteiger partial charge is 0.244 e. The molecule has 7 heteroatoms. The van der Waals surface area contributed by atoms with Crippen molar-refractivity contribution in [2.75, 3.05) is 13.1 Å². The molecule has 0 saturated carbocycles. The second kappa shape index (κ2) is 6.74. The van der Waals surface area contributed by atoms with Crippen molar-refractivity contribution in [1.82, 2.24) is 14.6 Å². The molecule has 1 fully saturated rings. The van der Waals surface area contributed by atoms with Crippen LogP contribution in [0, 0.1) is 0 Å². The van der Waals surface area contributed by atoms with Crippen molar-refractivity contribution in [2.24, 2.45) is 0 Å². The lowest BCUT2D eigenvalue weighted by Gasteiger charge is -2.22. The number of benzene rings is 1. The molecule has 0 amide bonds. The van der Waals surface area contributed by atoms with Crippen molar-refractivity contribution in [2.45, 2.75) is 36.4 Å². The van der Waals surface area contributed by atoms with Crippen LogP contribution in [0.4, 0.5) is 0 Å². The van der Waals surface area contributed by atoms with Gasteiger partial charge in [-0.2, -0.15) is 0 Å². The average molecular weight is 359 g/mol. The van der Waals surface area contributed by atoms with Gasteiger partial charge in [0.05, 0.1) is 6.04 Å². The van der Waals surface area contributed by atoms with Crippen LogP contribution in [-0.2, 0) is 16.6 Å². The van der Waals surface area contributed by atoms with Gasteiger partial charge in [-0.3, -0.25) is 9.88 Å². The van der Waals surface area contributed by atoms with Crippen LogP contribution in [-0.4, -0.2) is 43.5 Å². The molecule has 6 nitrogen and oxygen atoms in total. The molecule has 0 radical (unpaired) electrons. The van der Waals surface area contributed by atoms with E-state index in [-0.39, 0.29) is 17.0 Å². The number of aromatic nitrogens is 1. The van der Waals surface area contributed by atoms with Crippen LogP contribution in [0.25, 0.3) is 0 Å². The summed E-state index contributed by atoms with van der Waals surface area (Å²) in [6.45, 7) is 2.49. The van der Waals surface area contributed by atoms with Crippen molar-refractivity contribution in [3.63, 3.8) is 0 Å². The minimum atomic E-state index is -3.54. The summed E-state index contributed by atoms with van der Waals surface area (Å²) < 4.78 is 34.2. The van der Waals surface area contributed by atoms with Crippen LogP contribution in [0.1, 0.15) is 18.4 Å². The molecule has 1 aromatic carbocycles. The molecule has 3 heterocycles. The normalized spacial score (nSPS) is 25.8. The van der Waals surface area contributed by atoms with Crippen molar-refractivity contribution in [3.05, 3.63) is 54.4 Å². The summed E-state index contributed by atoms with van der Waals surface area (Å²) in [4.78, 5) is 6.72. The number of nitrogens with zero attached hydrogens (tertiary/aromatic N) is 2. The minimum Gasteiger partial charge on any atom is -0.487 e. The Balaban J connectivity index is 1.53.